The lowest BCUT2D eigenvalue weighted by atomic mass is 9.98. The Kier molecular flexibility index (Phi) is 4.99. The van der Waals surface area contributed by atoms with E-state index in [-0.39, 0.29) is 6.04 Å². The van der Waals surface area contributed by atoms with E-state index in [1.807, 2.05) is 19.2 Å². The summed E-state index contributed by atoms with van der Waals surface area (Å²) in [5.74, 6) is 0. The Bertz CT molecular complexity index is 578. The molecule has 0 aliphatic heterocycles. The molecule has 0 bridgehead atoms. The van der Waals surface area contributed by atoms with E-state index in [1.165, 1.54) is 0 Å². The molecule has 0 aliphatic carbocycles. The van der Waals surface area contributed by atoms with E-state index in [9.17, 15) is 0 Å². The molecule has 19 heavy (non-hydrogen) atoms. The first-order valence-electron chi connectivity index (χ1n) is 5.61. The Morgan fingerprint density at radius 3 is 1.95 bits per heavy atom. The van der Waals surface area contributed by atoms with Gasteiger partial charge in [0, 0.05) is 15.6 Å². The molecule has 0 amide bonds. The van der Waals surface area contributed by atoms with Crippen LogP contribution in [-0.4, -0.2) is 7.05 Å². The average molecular weight is 335 g/mol. The Morgan fingerprint density at radius 1 is 0.842 bits per heavy atom. The van der Waals surface area contributed by atoms with Crippen LogP contribution in [0.3, 0.4) is 0 Å². The lowest BCUT2D eigenvalue weighted by Gasteiger charge is -2.21. The topological polar surface area (TPSA) is 12.0 Å². The van der Waals surface area contributed by atoms with E-state index in [4.69, 9.17) is 46.4 Å². The van der Waals surface area contributed by atoms with Crippen LogP contribution in [0.4, 0.5) is 0 Å². The summed E-state index contributed by atoms with van der Waals surface area (Å²) in [6.07, 6.45) is 0. The van der Waals surface area contributed by atoms with Gasteiger partial charge in [-0.3, -0.25) is 0 Å². The lowest BCUT2D eigenvalue weighted by Crippen LogP contribution is -2.19. The zero-order valence-electron chi connectivity index (χ0n) is 10.1. The van der Waals surface area contributed by atoms with Crippen LogP contribution in [0, 0.1) is 0 Å². The molecule has 1 unspecified atom stereocenters. The Morgan fingerprint density at radius 2 is 1.37 bits per heavy atom. The van der Waals surface area contributed by atoms with Gasteiger partial charge in [-0.2, -0.15) is 0 Å². The molecule has 1 atom stereocenters. The number of hydrogen-bond acceptors (Lipinski definition) is 1. The Balaban J connectivity index is 2.60. The monoisotopic (exact) mass is 333 g/mol. The van der Waals surface area contributed by atoms with E-state index in [2.05, 4.69) is 5.32 Å². The summed E-state index contributed by atoms with van der Waals surface area (Å²) in [6.45, 7) is 0. The quantitative estimate of drug-likeness (QED) is 0.769. The second-order valence-corrected chi connectivity index (χ2v) is 5.60. The number of halogens is 4. The van der Waals surface area contributed by atoms with Crippen molar-refractivity contribution in [3.8, 4) is 0 Å². The van der Waals surface area contributed by atoms with Gasteiger partial charge in [0.15, 0.2) is 0 Å². The minimum Gasteiger partial charge on any atom is -0.309 e. The molecule has 0 fully saturated rings. The molecule has 0 heterocycles. The van der Waals surface area contributed by atoms with Crippen molar-refractivity contribution in [1.82, 2.24) is 5.32 Å². The number of nitrogens with one attached hydrogen (secondary N) is 1. The van der Waals surface area contributed by atoms with Gasteiger partial charge < -0.3 is 5.32 Å². The fourth-order valence-electron chi connectivity index (χ4n) is 1.99. The zero-order valence-corrected chi connectivity index (χ0v) is 13.1. The van der Waals surface area contributed by atoms with Gasteiger partial charge in [-0.25, -0.2) is 0 Å². The largest absolute Gasteiger partial charge is 0.309 e. The second kappa shape index (κ2) is 6.34. The van der Waals surface area contributed by atoms with Crippen LogP contribution in [0.15, 0.2) is 36.4 Å². The van der Waals surface area contributed by atoms with Crippen molar-refractivity contribution in [3.63, 3.8) is 0 Å². The van der Waals surface area contributed by atoms with Crippen molar-refractivity contribution < 1.29 is 0 Å². The number of benzene rings is 2. The predicted molar refractivity (Wildman–Crippen MR) is 83.8 cm³/mol. The first-order chi connectivity index (χ1) is 9.06. The maximum atomic E-state index is 6.26. The second-order valence-electron chi connectivity index (χ2n) is 4.00. The standard InChI is InChI=1S/C14H11Cl4N/c1-19-14(8-4-2-7-11(17)13(8)18)12-9(15)5-3-6-10(12)16/h2-7,14,19H,1H3. The van der Waals surface area contributed by atoms with Crippen LogP contribution in [0.2, 0.25) is 20.1 Å². The van der Waals surface area contributed by atoms with Crippen molar-refractivity contribution in [2.45, 2.75) is 6.04 Å². The van der Waals surface area contributed by atoms with Gasteiger partial charge in [0.25, 0.3) is 0 Å². The summed E-state index contributed by atoms with van der Waals surface area (Å²) in [7, 11) is 1.82. The summed E-state index contributed by atoms with van der Waals surface area (Å²) in [6, 6.07) is 10.7. The van der Waals surface area contributed by atoms with Crippen molar-refractivity contribution >= 4 is 46.4 Å². The van der Waals surface area contributed by atoms with Crippen LogP contribution in [0.1, 0.15) is 17.2 Å². The number of hydrogen-bond donors (Lipinski definition) is 1. The Labute approximate surface area is 132 Å². The van der Waals surface area contributed by atoms with Crippen molar-refractivity contribution in [2.24, 2.45) is 0 Å². The minimum absolute atomic E-state index is 0.215. The highest BCUT2D eigenvalue weighted by Gasteiger charge is 2.21. The first kappa shape index (κ1) is 15.0. The highest BCUT2D eigenvalue weighted by Crippen LogP contribution is 2.38. The van der Waals surface area contributed by atoms with Gasteiger partial charge in [-0.05, 0) is 30.8 Å². The molecular formula is C14H11Cl4N. The average Bonchev–Trinajstić information content (AvgIpc) is 2.38. The highest BCUT2D eigenvalue weighted by molar-refractivity contribution is 6.42. The first-order valence-corrected chi connectivity index (χ1v) is 7.12. The molecule has 100 valence electrons. The van der Waals surface area contributed by atoms with Crippen molar-refractivity contribution in [1.29, 1.82) is 0 Å². The molecule has 0 aliphatic rings. The molecule has 0 aromatic heterocycles. The van der Waals surface area contributed by atoms with Gasteiger partial charge >= 0.3 is 0 Å². The smallest absolute Gasteiger partial charge is 0.0643 e. The minimum atomic E-state index is -0.215. The molecule has 1 N–H and O–H groups in total. The van der Waals surface area contributed by atoms with Gasteiger partial charge in [0.2, 0.25) is 0 Å². The normalized spacial score (nSPS) is 12.5. The summed E-state index contributed by atoms with van der Waals surface area (Å²) in [4.78, 5) is 0. The number of rotatable bonds is 3. The summed E-state index contributed by atoms with van der Waals surface area (Å²) >= 11 is 24.8. The summed E-state index contributed by atoms with van der Waals surface area (Å²) < 4.78 is 0. The Hall–Kier alpha value is -0.440. The maximum Gasteiger partial charge on any atom is 0.0643 e. The van der Waals surface area contributed by atoms with E-state index >= 15 is 0 Å². The molecule has 2 rings (SSSR count). The van der Waals surface area contributed by atoms with Crippen LogP contribution < -0.4 is 5.32 Å². The van der Waals surface area contributed by atoms with Crippen molar-refractivity contribution in [3.05, 3.63) is 67.6 Å². The van der Waals surface area contributed by atoms with Crippen molar-refractivity contribution in [2.75, 3.05) is 7.05 Å². The third-order valence-corrected chi connectivity index (χ3v) is 4.36. The molecule has 0 saturated heterocycles. The third kappa shape index (κ3) is 3.01. The molecule has 0 saturated carbocycles. The van der Waals surface area contributed by atoms with E-state index < -0.39 is 0 Å². The maximum absolute atomic E-state index is 6.26. The van der Waals surface area contributed by atoms with E-state index in [1.54, 1.807) is 24.3 Å². The fourth-order valence-corrected chi connectivity index (χ4v) is 3.02. The molecular weight excluding hydrogens is 324 g/mol. The van der Waals surface area contributed by atoms with Crippen LogP contribution in [-0.2, 0) is 0 Å². The van der Waals surface area contributed by atoms with E-state index in [0.29, 0.717) is 20.1 Å². The molecule has 5 heteroatoms. The molecule has 2 aromatic carbocycles. The fraction of sp³-hybridized carbons (Fsp3) is 0.143. The summed E-state index contributed by atoms with van der Waals surface area (Å²) in [5, 5.41) is 5.35. The van der Waals surface area contributed by atoms with Gasteiger partial charge in [-0.15, -0.1) is 0 Å². The third-order valence-electron chi connectivity index (χ3n) is 2.87. The summed E-state index contributed by atoms with van der Waals surface area (Å²) in [5.41, 5.74) is 1.63. The van der Waals surface area contributed by atoms with Crippen LogP contribution >= 0.6 is 46.4 Å². The molecule has 0 spiro atoms. The van der Waals surface area contributed by atoms with Gasteiger partial charge in [-0.1, -0.05) is 64.6 Å². The molecule has 2 aromatic rings. The molecule has 0 radical (unpaired) electrons. The predicted octanol–water partition coefficient (Wildman–Crippen LogP) is 5.61. The zero-order chi connectivity index (χ0) is 14.0. The SMILES string of the molecule is CNC(c1cccc(Cl)c1Cl)c1c(Cl)cccc1Cl. The van der Waals surface area contributed by atoms with Crippen LogP contribution in [0.25, 0.3) is 0 Å². The highest BCUT2D eigenvalue weighted by atomic mass is 35.5. The molecule has 1 nitrogen and oxygen atoms in total. The van der Waals surface area contributed by atoms with Gasteiger partial charge in [0.05, 0.1) is 16.1 Å². The van der Waals surface area contributed by atoms with Crippen LogP contribution in [0.5, 0.6) is 0 Å². The van der Waals surface area contributed by atoms with Gasteiger partial charge in [0.1, 0.15) is 0 Å². The van der Waals surface area contributed by atoms with E-state index in [0.717, 1.165) is 11.1 Å². The lowest BCUT2D eigenvalue weighted by molar-refractivity contribution is 0.692.